The van der Waals surface area contributed by atoms with Crippen LogP contribution in [0.15, 0.2) is 0 Å². The van der Waals surface area contributed by atoms with E-state index in [1.165, 1.54) is 0 Å². The Morgan fingerprint density at radius 1 is 1.40 bits per heavy atom. The van der Waals surface area contributed by atoms with Gasteiger partial charge in [0.05, 0.1) is 6.61 Å². The van der Waals surface area contributed by atoms with Gasteiger partial charge in [-0.3, -0.25) is 4.79 Å². The second kappa shape index (κ2) is 8.39. The van der Waals surface area contributed by atoms with Crippen molar-refractivity contribution >= 4 is 6.41 Å². The fraction of sp³-hybridized carbons (Fsp3) is 0.833. The Morgan fingerprint density at radius 3 is 2.80 bits per heavy atom. The molecule has 1 amide bonds. The van der Waals surface area contributed by atoms with Gasteiger partial charge in [-0.2, -0.15) is 0 Å². The first-order valence-electron chi connectivity index (χ1n) is 3.28. The van der Waals surface area contributed by atoms with Crippen molar-refractivity contribution in [3.05, 3.63) is 0 Å². The minimum absolute atomic E-state index is 0.674. The molecular formula is C6H14N2O2. The van der Waals surface area contributed by atoms with E-state index in [2.05, 4.69) is 10.6 Å². The number of ether oxygens (including phenoxy) is 1. The maximum Gasteiger partial charge on any atom is 0.207 e. The van der Waals surface area contributed by atoms with E-state index in [1.54, 1.807) is 7.11 Å². The number of hydrogen-bond acceptors (Lipinski definition) is 3. The van der Waals surface area contributed by atoms with Gasteiger partial charge in [0.1, 0.15) is 0 Å². The summed E-state index contributed by atoms with van der Waals surface area (Å²) in [5, 5.41) is 5.62. The van der Waals surface area contributed by atoms with E-state index in [9.17, 15) is 4.79 Å². The number of rotatable bonds is 7. The van der Waals surface area contributed by atoms with Crippen LogP contribution in [-0.4, -0.2) is 39.8 Å². The zero-order valence-electron chi connectivity index (χ0n) is 6.22. The summed E-state index contributed by atoms with van der Waals surface area (Å²) >= 11 is 0. The third-order valence-electron chi connectivity index (χ3n) is 1.01. The van der Waals surface area contributed by atoms with Gasteiger partial charge in [-0.1, -0.05) is 0 Å². The quantitative estimate of drug-likeness (QED) is 0.356. The van der Waals surface area contributed by atoms with Gasteiger partial charge in [-0.15, -0.1) is 0 Å². The summed E-state index contributed by atoms with van der Waals surface area (Å²) in [4.78, 5) is 9.73. The molecule has 10 heavy (non-hydrogen) atoms. The van der Waals surface area contributed by atoms with E-state index >= 15 is 0 Å². The van der Waals surface area contributed by atoms with Crippen molar-refractivity contribution in [1.82, 2.24) is 10.6 Å². The van der Waals surface area contributed by atoms with E-state index in [-0.39, 0.29) is 0 Å². The standard InChI is InChI=1S/C6H14N2O2/c1-10-5-4-7-2-3-8-6-9/h6-7H,2-5H2,1H3,(H,8,9). The fourth-order valence-corrected chi connectivity index (χ4v) is 0.519. The summed E-state index contributed by atoms with van der Waals surface area (Å²) in [6, 6.07) is 0. The van der Waals surface area contributed by atoms with Crippen molar-refractivity contribution in [2.24, 2.45) is 0 Å². The molecule has 60 valence electrons. The molecule has 0 bridgehead atoms. The van der Waals surface area contributed by atoms with Gasteiger partial charge in [0.25, 0.3) is 0 Å². The highest BCUT2D eigenvalue weighted by Gasteiger charge is 1.83. The molecule has 0 aliphatic carbocycles. The van der Waals surface area contributed by atoms with E-state index < -0.39 is 0 Å². The third kappa shape index (κ3) is 7.39. The summed E-state index contributed by atoms with van der Waals surface area (Å²) in [6.45, 7) is 3.01. The third-order valence-corrected chi connectivity index (χ3v) is 1.01. The normalized spacial score (nSPS) is 9.30. The number of amides is 1. The first-order valence-corrected chi connectivity index (χ1v) is 3.28. The number of nitrogens with one attached hydrogen (secondary N) is 2. The van der Waals surface area contributed by atoms with Crippen molar-refractivity contribution in [2.45, 2.75) is 0 Å². The van der Waals surface area contributed by atoms with Crippen molar-refractivity contribution in [3.8, 4) is 0 Å². The molecule has 0 rings (SSSR count). The van der Waals surface area contributed by atoms with Gasteiger partial charge in [0, 0.05) is 26.7 Å². The Kier molecular flexibility index (Phi) is 7.88. The van der Waals surface area contributed by atoms with Gasteiger partial charge in [0.2, 0.25) is 6.41 Å². The zero-order valence-corrected chi connectivity index (χ0v) is 6.22. The lowest BCUT2D eigenvalue weighted by Crippen LogP contribution is -2.28. The molecule has 0 aromatic rings. The lowest BCUT2D eigenvalue weighted by atomic mass is 10.6. The van der Waals surface area contributed by atoms with Crippen LogP contribution in [0.3, 0.4) is 0 Å². The maximum atomic E-state index is 9.73. The van der Waals surface area contributed by atoms with Crippen molar-refractivity contribution in [3.63, 3.8) is 0 Å². The molecule has 0 heterocycles. The van der Waals surface area contributed by atoms with E-state index in [0.29, 0.717) is 19.6 Å². The number of methoxy groups -OCH3 is 1. The SMILES string of the molecule is COCCNCCNC=O. The molecule has 0 aliphatic rings. The minimum atomic E-state index is 0.674. The zero-order chi connectivity index (χ0) is 7.66. The number of hydrogen-bond donors (Lipinski definition) is 2. The molecule has 4 nitrogen and oxygen atoms in total. The number of carbonyl (C=O) groups excluding carboxylic acids is 1. The Morgan fingerprint density at radius 2 is 2.20 bits per heavy atom. The van der Waals surface area contributed by atoms with E-state index in [0.717, 1.165) is 13.1 Å². The molecule has 4 heteroatoms. The molecule has 0 aromatic carbocycles. The molecular weight excluding hydrogens is 132 g/mol. The van der Waals surface area contributed by atoms with Gasteiger partial charge in [0.15, 0.2) is 0 Å². The van der Waals surface area contributed by atoms with Crippen LogP contribution in [0.1, 0.15) is 0 Å². The van der Waals surface area contributed by atoms with E-state index in [4.69, 9.17) is 4.74 Å². The predicted molar refractivity (Wildman–Crippen MR) is 38.8 cm³/mol. The molecule has 0 fully saturated rings. The monoisotopic (exact) mass is 146 g/mol. The molecule has 0 saturated carbocycles. The van der Waals surface area contributed by atoms with Crippen LogP contribution in [0, 0.1) is 0 Å². The average Bonchev–Trinajstić information content (AvgIpc) is 1.97. The second-order valence-electron chi connectivity index (χ2n) is 1.81. The summed E-state index contributed by atoms with van der Waals surface area (Å²) < 4.78 is 4.80. The Bertz CT molecular complexity index is 78.1. The van der Waals surface area contributed by atoms with Crippen molar-refractivity contribution in [2.75, 3.05) is 33.4 Å². The molecule has 0 unspecified atom stereocenters. The lowest BCUT2D eigenvalue weighted by molar-refractivity contribution is -0.109. The molecule has 0 atom stereocenters. The first kappa shape index (κ1) is 9.39. The predicted octanol–water partition coefficient (Wildman–Crippen LogP) is -1.03. The van der Waals surface area contributed by atoms with Crippen LogP contribution in [0.2, 0.25) is 0 Å². The Balaban J connectivity index is 2.70. The van der Waals surface area contributed by atoms with Crippen LogP contribution in [0.4, 0.5) is 0 Å². The highest BCUT2D eigenvalue weighted by atomic mass is 16.5. The topological polar surface area (TPSA) is 50.4 Å². The van der Waals surface area contributed by atoms with Crippen LogP contribution in [-0.2, 0) is 9.53 Å². The minimum Gasteiger partial charge on any atom is -0.383 e. The number of carbonyl (C=O) groups is 1. The Labute approximate surface area is 60.9 Å². The van der Waals surface area contributed by atoms with Crippen LogP contribution in [0.25, 0.3) is 0 Å². The summed E-state index contributed by atoms with van der Waals surface area (Å²) in [5.41, 5.74) is 0. The highest BCUT2D eigenvalue weighted by molar-refractivity contribution is 5.45. The second-order valence-corrected chi connectivity index (χ2v) is 1.81. The maximum absolute atomic E-state index is 9.73. The van der Waals surface area contributed by atoms with E-state index in [1.807, 2.05) is 0 Å². The van der Waals surface area contributed by atoms with Gasteiger partial charge >= 0.3 is 0 Å². The van der Waals surface area contributed by atoms with Crippen LogP contribution >= 0.6 is 0 Å². The Hall–Kier alpha value is -0.610. The van der Waals surface area contributed by atoms with Crippen molar-refractivity contribution in [1.29, 1.82) is 0 Å². The largest absolute Gasteiger partial charge is 0.383 e. The molecule has 0 aliphatic heterocycles. The van der Waals surface area contributed by atoms with Gasteiger partial charge in [-0.25, -0.2) is 0 Å². The molecule has 0 saturated heterocycles. The van der Waals surface area contributed by atoms with Crippen LogP contribution < -0.4 is 10.6 Å². The van der Waals surface area contributed by atoms with Crippen molar-refractivity contribution < 1.29 is 9.53 Å². The van der Waals surface area contributed by atoms with Gasteiger partial charge < -0.3 is 15.4 Å². The highest BCUT2D eigenvalue weighted by Crippen LogP contribution is 1.62. The fourth-order valence-electron chi connectivity index (χ4n) is 0.519. The smallest absolute Gasteiger partial charge is 0.207 e. The lowest BCUT2D eigenvalue weighted by Gasteiger charge is -2.01. The molecule has 0 radical (unpaired) electrons. The molecule has 2 N–H and O–H groups in total. The first-order chi connectivity index (χ1) is 4.91. The van der Waals surface area contributed by atoms with Gasteiger partial charge in [-0.05, 0) is 0 Å². The summed E-state index contributed by atoms with van der Waals surface area (Å²) in [5.74, 6) is 0. The summed E-state index contributed by atoms with van der Waals surface area (Å²) in [6.07, 6.45) is 0.692. The molecule has 0 aromatic heterocycles. The van der Waals surface area contributed by atoms with Crippen LogP contribution in [0.5, 0.6) is 0 Å². The average molecular weight is 146 g/mol. The molecule has 0 spiro atoms. The summed E-state index contributed by atoms with van der Waals surface area (Å²) in [7, 11) is 1.66.